The van der Waals surface area contributed by atoms with Crippen LogP contribution >= 0.6 is 0 Å². The predicted molar refractivity (Wildman–Crippen MR) is 82.8 cm³/mol. The summed E-state index contributed by atoms with van der Waals surface area (Å²) in [7, 11) is 6.30. The summed E-state index contributed by atoms with van der Waals surface area (Å²) in [6.07, 6.45) is 0. The number of nitrogens with zero attached hydrogens (tertiary/aromatic N) is 5. The Morgan fingerprint density at radius 3 is 1.26 bits per heavy atom. The van der Waals surface area contributed by atoms with Gasteiger partial charge in [0, 0.05) is 59.4 Å². The summed E-state index contributed by atoms with van der Waals surface area (Å²) in [5.41, 5.74) is 0. The molecule has 5 heteroatoms. The molecule has 2 rings (SSSR count). The van der Waals surface area contributed by atoms with Crippen molar-refractivity contribution in [2.75, 3.05) is 73.5 Å². The van der Waals surface area contributed by atoms with E-state index in [1.165, 1.54) is 5.96 Å². The van der Waals surface area contributed by atoms with Gasteiger partial charge in [0.15, 0.2) is 5.96 Å². The topological polar surface area (TPSA) is 25.3 Å². The third-order valence-electron chi connectivity index (χ3n) is 3.77. The SMILES string of the molecule is CC.CN=C(N1CCN(C)CC1)N1CCN(C)CC1. The van der Waals surface area contributed by atoms with Crippen molar-refractivity contribution in [2.24, 2.45) is 4.99 Å². The van der Waals surface area contributed by atoms with Crippen molar-refractivity contribution in [3.05, 3.63) is 0 Å². The average Bonchev–Trinajstić information content (AvgIpc) is 2.46. The lowest BCUT2D eigenvalue weighted by atomic mass is 10.3. The molecule has 0 N–H and O–H groups in total. The Hall–Kier alpha value is -0.810. The van der Waals surface area contributed by atoms with E-state index >= 15 is 0 Å². The van der Waals surface area contributed by atoms with Gasteiger partial charge in [0.2, 0.25) is 0 Å². The van der Waals surface area contributed by atoms with Crippen molar-refractivity contribution in [3.8, 4) is 0 Å². The largest absolute Gasteiger partial charge is 0.340 e. The summed E-state index contributed by atoms with van der Waals surface area (Å²) >= 11 is 0. The Labute approximate surface area is 118 Å². The second-order valence-electron chi connectivity index (χ2n) is 5.10. The van der Waals surface area contributed by atoms with Gasteiger partial charge in [-0.1, -0.05) is 13.8 Å². The Kier molecular flexibility index (Phi) is 7.16. The van der Waals surface area contributed by atoms with Gasteiger partial charge < -0.3 is 19.6 Å². The van der Waals surface area contributed by atoms with Crippen LogP contribution in [-0.2, 0) is 0 Å². The molecule has 2 saturated heterocycles. The van der Waals surface area contributed by atoms with Crippen molar-refractivity contribution >= 4 is 5.96 Å². The monoisotopic (exact) mass is 269 g/mol. The molecule has 0 saturated carbocycles. The maximum absolute atomic E-state index is 4.52. The van der Waals surface area contributed by atoms with Crippen molar-refractivity contribution in [3.63, 3.8) is 0 Å². The molecule has 0 bridgehead atoms. The van der Waals surface area contributed by atoms with Crippen LogP contribution in [-0.4, -0.2) is 99.1 Å². The van der Waals surface area contributed by atoms with Crippen LogP contribution in [0.2, 0.25) is 0 Å². The van der Waals surface area contributed by atoms with E-state index in [0.29, 0.717) is 0 Å². The highest BCUT2D eigenvalue weighted by Crippen LogP contribution is 2.07. The van der Waals surface area contributed by atoms with E-state index in [1.54, 1.807) is 0 Å². The number of piperazine rings is 2. The normalized spacial score (nSPS) is 21.7. The zero-order valence-electron chi connectivity index (χ0n) is 13.4. The third kappa shape index (κ3) is 4.66. The predicted octanol–water partition coefficient (Wildman–Crippen LogP) is 0.493. The molecule has 0 aromatic rings. The number of guanidine groups is 1. The molecule has 2 aliphatic rings. The van der Waals surface area contributed by atoms with E-state index in [2.05, 4.69) is 38.7 Å². The first kappa shape index (κ1) is 16.2. The van der Waals surface area contributed by atoms with Crippen LogP contribution in [0.25, 0.3) is 0 Å². The van der Waals surface area contributed by atoms with Crippen molar-refractivity contribution in [1.82, 2.24) is 19.6 Å². The minimum Gasteiger partial charge on any atom is -0.340 e. The van der Waals surface area contributed by atoms with Gasteiger partial charge in [0.25, 0.3) is 0 Å². The Morgan fingerprint density at radius 1 is 0.684 bits per heavy atom. The average molecular weight is 269 g/mol. The molecule has 2 fully saturated rings. The number of rotatable bonds is 0. The van der Waals surface area contributed by atoms with Crippen LogP contribution in [0.4, 0.5) is 0 Å². The first-order chi connectivity index (χ1) is 9.20. The fraction of sp³-hybridized carbons (Fsp3) is 0.929. The summed E-state index contributed by atoms with van der Waals surface area (Å²) in [6, 6.07) is 0. The van der Waals surface area contributed by atoms with Gasteiger partial charge >= 0.3 is 0 Å². The molecular weight excluding hydrogens is 238 g/mol. The van der Waals surface area contributed by atoms with Crippen LogP contribution in [0.15, 0.2) is 4.99 Å². The Balaban J connectivity index is 0.000000861. The van der Waals surface area contributed by atoms with E-state index in [0.717, 1.165) is 52.4 Å². The van der Waals surface area contributed by atoms with Gasteiger partial charge in [-0.2, -0.15) is 0 Å². The number of hydrogen-bond donors (Lipinski definition) is 0. The highest BCUT2D eigenvalue weighted by molar-refractivity contribution is 5.80. The Morgan fingerprint density at radius 2 is 1.00 bits per heavy atom. The molecule has 0 radical (unpaired) electrons. The molecule has 0 aliphatic carbocycles. The Bertz CT molecular complexity index is 239. The third-order valence-corrected chi connectivity index (χ3v) is 3.77. The van der Waals surface area contributed by atoms with Crippen LogP contribution in [0.1, 0.15) is 13.8 Å². The number of aliphatic imine (C=N–C) groups is 1. The van der Waals surface area contributed by atoms with Gasteiger partial charge in [-0.05, 0) is 14.1 Å². The molecule has 5 nitrogen and oxygen atoms in total. The highest BCUT2D eigenvalue weighted by Gasteiger charge is 2.23. The molecule has 0 spiro atoms. The summed E-state index contributed by atoms with van der Waals surface area (Å²) in [6.45, 7) is 13.0. The second-order valence-corrected chi connectivity index (χ2v) is 5.10. The molecule has 0 atom stereocenters. The molecule has 0 unspecified atom stereocenters. The van der Waals surface area contributed by atoms with Crippen LogP contribution in [0, 0.1) is 0 Å². The van der Waals surface area contributed by atoms with Crippen molar-refractivity contribution in [1.29, 1.82) is 0 Å². The zero-order valence-corrected chi connectivity index (χ0v) is 13.4. The first-order valence-corrected chi connectivity index (χ1v) is 7.54. The lowest BCUT2D eigenvalue weighted by molar-refractivity contribution is 0.167. The molecule has 2 heterocycles. The van der Waals surface area contributed by atoms with E-state index < -0.39 is 0 Å². The second kappa shape index (κ2) is 8.38. The summed E-state index contributed by atoms with van der Waals surface area (Å²) in [5.74, 6) is 1.20. The van der Waals surface area contributed by atoms with E-state index in [-0.39, 0.29) is 0 Å². The zero-order chi connectivity index (χ0) is 14.3. The minimum atomic E-state index is 1.11. The molecule has 0 aromatic heterocycles. The van der Waals surface area contributed by atoms with Crippen LogP contribution < -0.4 is 0 Å². The van der Waals surface area contributed by atoms with Crippen LogP contribution in [0.5, 0.6) is 0 Å². The van der Waals surface area contributed by atoms with E-state index in [4.69, 9.17) is 0 Å². The molecule has 2 aliphatic heterocycles. The van der Waals surface area contributed by atoms with Gasteiger partial charge in [-0.25, -0.2) is 0 Å². The number of hydrogen-bond acceptors (Lipinski definition) is 3. The maximum Gasteiger partial charge on any atom is 0.196 e. The standard InChI is InChI=1S/C12H25N5.C2H6/c1-13-12(16-8-4-14(2)5-9-16)17-10-6-15(3)7-11-17;1-2/h4-11H2,1-3H3;1-2H3. The molecule has 0 aromatic carbocycles. The van der Waals surface area contributed by atoms with Gasteiger partial charge in [0.05, 0.1) is 0 Å². The van der Waals surface area contributed by atoms with E-state index in [9.17, 15) is 0 Å². The maximum atomic E-state index is 4.52. The molecule has 19 heavy (non-hydrogen) atoms. The van der Waals surface area contributed by atoms with Gasteiger partial charge in [0.1, 0.15) is 0 Å². The van der Waals surface area contributed by atoms with Crippen molar-refractivity contribution < 1.29 is 0 Å². The summed E-state index contributed by atoms with van der Waals surface area (Å²) < 4.78 is 0. The summed E-state index contributed by atoms with van der Waals surface area (Å²) in [5, 5.41) is 0. The first-order valence-electron chi connectivity index (χ1n) is 7.54. The lowest BCUT2D eigenvalue weighted by Crippen LogP contribution is -2.56. The molecule has 0 amide bonds. The smallest absolute Gasteiger partial charge is 0.196 e. The molecule has 112 valence electrons. The fourth-order valence-corrected chi connectivity index (χ4v) is 2.50. The minimum absolute atomic E-state index is 1.11. The van der Waals surface area contributed by atoms with Crippen molar-refractivity contribution in [2.45, 2.75) is 13.8 Å². The van der Waals surface area contributed by atoms with Gasteiger partial charge in [-0.15, -0.1) is 0 Å². The van der Waals surface area contributed by atoms with Crippen LogP contribution in [0.3, 0.4) is 0 Å². The van der Waals surface area contributed by atoms with Gasteiger partial charge in [-0.3, -0.25) is 4.99 Å². The lowest BCUT2D eigenvalue weighted by Gasteiger charge is -2.41. The van der Waals surface area contributed by atoms with E-state index in [1.807, 2.05) is 20.9 Å². The number of likely N-dealkylation sites (N-methyl/N-ethyl adjacent to an activating group) is 2. The fourth-order valence-electron chi connectivity index (χ4n) is 2.50. The summed E-state index contributed by atoms with van der Waals surface area (Å²) in [4.78, 5) is 14.2. The highest BCUT2D eigenvalue weighted by atomic mass is 15.4. The quantitative estimate of drug-likeness (QED) is 0.472. The molecular formula is C14H31N5.